The standard InChI is InChI=1S/C24H52NO4P/c1-3-5-7-8-9-10-11-12-13-14-15-16-17-18-19-20-21-25-22-24-29-30(26,27)28-23-6-4-2/h25H,3-24H2,1-2H3,(H,26,27)/p-1. The summed E-state index contributed by atoms with van der Waals surface area (Å²) in [7, 11) is -4.11. The Morgan fingerprint density at radius 1 is 0.567 bits per heavy atom. The summed E-state index contributed by atoms with van der Waals surface area (Å²) in [6.45, 7) is 6.09. The predicted octanol–water partition coefficient (Wildman–Crippen LogP) is 7.14. The maximum atomic E-state index is 11.5. The topological polar surface area (TPSA) is 70.6 Å². The molecule has 30 heavy (non-hydrogen) atoms. The Bertz CT molecular complexity index is 382. The third kappa shape index (κ3) is 24.3. The van der Waals surface area contributed by atoms with Crippen LogP contribution in [0.1, 0.15) is 129 Å². The van der Waals surface area contributed by atoms with E-state index in [1.807, 2.05) is 6.92 Å². The third-order valence-corrected chi connectivity index (χ3v) is 6.48. The lowest BCUT2D eigenvalue weighted by atomic mass is 10.0. The first-order valence-electron chi connectivity index (χ1n) is 12.9. The first-order chi connectivity index (χ1) is 14.6. The lowest BCUT2D eigenvalue weighted by molar-refractivity contribution is -0.225. The molecule has 0 aromatic rings. The van der Waals surface area contributed by atoms with Crippen molar-refractivity contribution in [3.05, 3.63) is 0 Å². The zero-order chi connectivity index (χ0) is 22.2. The van der Waals surface area contributed by atoms with E-state index < -0.39 is 7.82 Å². The SMILES string of the molecule is CCCCCCCCCCCCCCCCCCNCCOP(=O)([O-])OCCCC. The van der Waals surface area contributed by atoms with Gasteiger partial charge in [-0.05, 0) is 19.4 Å². The van der Waals surface area contributed by atoms with Crippen molar-refractivity contribution < 1.29 is 18.5 Å². The van der Waals surface area contributed by atoms with Crippen LogP contribution >= 0.6 is 7.82 Å². The molecule has 1 unspecified atom stereocenters. The van der Waals surface area contributed by atoms with Gasteiger partial charge in [0.1, 0.15) is 0 Å². The fraction of sp³-hybridized carbons (Fsp3) is 1.00. The van der Waals surface area contributed by atoms with Crippen LogP contribution in [0.3, 0.4) is 0 Å². The summed E-state index contributed by atoms with van der Waals surface area (Å²) in [6.07, 6.45) is 23.6. The van der Waals surface area contributed by atoms with Gasteiger partial charge in [0.05, 0.1) is 13.2 Å². The van der Waals surface area contributed by atoms with Crippen molar-refractivity contribution in [1.29, 1.82) is 0 Å². The fourth-order valence-corrected chi connectivity index (χ4v) is 4.25. The van der Waals surface area contributed by atoms with E-state index in [1.54, 1.807) is 0 Å². The van der Waals surface area contributed by atoms with Crippen LogP contribution in [0.2, 0.25) is 0 Å². The summed E-state index contributed by atoms with van der Waals surface area (Å²) >= 11 is 0. The average Bonchev–Trinajstić information content (AvgIpc) is 2.72. The second kappa shape index (κ2) is 23.7. The predicted molar refractivity (Wildman–Crippen MR) is 127 cm³/mol. The van der Waals surface area contributed by atoms with Crippen molar-refractivity contribution >= 4 is 7.82 Å². The van der Waals surface area contributed by atoms with Gasteiger partial charge in [0.15, 0.2) is 0 Å². The summed E-state index contributed by atoms with van der Waals surface area (Å²) in [4.78, 5) is 11.5. The normalized spacial score (nSPS) is 13.6. The van der Waals surface area contributed by atoms with Gasteiger partial charge in [0, 0.05) is 6.54 Å². The Kier molecular flexibility index (Phi) is 23.8. The number of hydrogen-bond acceptors (Lipinski definition) is 5. The molecule has 6 heteroatoms. The Labute approximate surface area is 187 Å². The van der Waals surface area contributed by atoms with Crippen molar-refractivity contribution in [2.45, 2.75) is 129 Å². The highest BCUT2D eigenvalue weighted by molar-refractivity contribution is 7.45. The van der Waals surface area contributed by atoms with E-state index in [9.17, 15) is 9.46 Å². The van der Waals surface area contributed by atoms with Gasteiger partial charge >= 0.3 is 0 Å². The molecule has 0 aromatic heterocycles. The number of nitrogens with one attached hydrogen (secondary N) is 1. The molecule has 5 nitrogen and oxygen atoms in total. The number of rotatable bonds is 25. The molecule has 0 saturated carbocycles. The molecule has 0 aliphatic carbocycles. The van der Waals surface area contributed by atoms with Crippen LogP contribution in [0.5, 0.6) is 0 Å². The van der Waals surface area contributed by atoms with Crippen molar-refractivity contribution in [1.82, 2.24) is 5.32 Å². The molecule has 0 radical (unpaired) electrons. The highest BCUT2D eigenvalue weighted by atomic mass is 31.2. The minimum Gasteiger partial charge on any atom is -0.756 e. The first-order valence-corrected chi connectivity index (χ1v) is 14.4. The maximum Gasteiger partial charge on any atom is 0.267 e. The molecule has 0 aliphatic heterocycles. The number of phosphoric ester groups is 1. The fourth-order valence-electron chi connectivity index (χ4n) is 3.51. The molecule has 0 amide bonds. The smallest absolute Gasteiger partial charge is 0.267 e. The molecular formula is C24H51NO4P-. The highest BCUT2D eigenvalue weighted by Gasteiger charge is 2.07. The molecule has 0 fully saturated rings. The summed E-state index contributed by atoms with van der Waals surface area (Å²) in [5.41, 5.74) is 0. The highest BCUT2D eigenvalue weighted by Crippen LogP contribution is 2.37. The molecule has 0 saturated heterocycles. The van der Waals surface area contributed by atoms with Gasteiger partial charge in [-0.15, -0.1) is 0 Å². The van der Waals surface area contributed by atoms with E-state index in [2.05, 4.69) is 12.2 Å². The third-order valence-electron chi connectivity index (χ3n) is 5.48. The van der Waals surface area contributed by atoms with Crippen molar-refractivity contribution in [3.8, 4) is 0 Å². The minimum atomic E-state index is -4.11. The zero-order valence-corrected chi connectivity index (χ0v) is 21.0. The lowest BCUT2D eigenvalue weighted by Gasteiger charge is -2.22. The van der Waals surface area contributed by atoms with E-state index >= 15 is 0 Å². The van der Waals surface area contributed by atoms with Gasteiger partial charge in [0.2, 0.25) is 0 Å². The molecule has 1 atom stereocenters. The summed E-state index contributed by atoms with van der Waals surface area (Å²) in [6, 6.07) is 0. The molecule has 0 rings (SSSR count). The van der Waals surface area contributed by atoms with E-state index in [4.69, 9.17) is 9.05 Å². The van der Waals surface area contributed by atoms with Gasteiger partial charge in [-0.25, -0.2) is 0 Å². The van der Waals surface area contributed by atoms with Gasteiger partial charge in [-0.3, -0.25) is 4.57 Å². The molecule has 0 heterocycles. The molecule has 0 aliphatic rings. The van der Waals surface area contributed by atoms with Crippen molar-refractivity contribution in [2.24, 2.45) is 0 Å². The van der Waals surface area contributed by atoms with Crippen LogP contribution in [0.25, 0.3) is 0 Å². The van der Waals surface area contributed by atoms with Crippen molar-refractivity contribution in [3.63, 3.8) is 0 Å². The summed E-state index contributed by atoms with van der Waals surface area (Å²) in [5, 5.41) is 3.23. The molecule has 1 N–H and O–H groups in total. The Hall–Kier alpha value is 0.0700. The Balaban J connectivity index is 3.15. The zero-order valence-electron chi connectivity index (χ0n) is 20.1. The van der Waals surface area contributed by atoms with Crippen LogP contribution in [0, 0.1) is 0 Å². The van der Waals surface area contributed by atoms with Gasteiger partial charge in [-0.1, -0.05) is 117 Å². The van der Waals surface area contributed by atoms with E-state index in [0.717, 1.165) is 25.8 Å². The molecule has 0 spiro atoms. The first kappa shape index (κ1) is 30.1. The molecular weight excluding hydrogens is 397 g/mol. The minimum absolute atomic E-state index is 0.145. The Morgan fingerprint density at radius 3 is 1.43 bits per heavy atom. The number of hydrogen-bond donors (Lipinski definition) is 1. The van der Waals surface area contributed by atoms with Crippen LogP contribution in [0.4, 0.5) is 0 Å². The van der Waals surface area contributed by atoms with Crippen molar-refractivity contribution in [2.75, 3.05) is 26.3 Å². The van der Waals surface area contributed by atoms with Crippen LogP contribution < -0.4 is 10.2 Å². The molecule has 0 aromatic carbocycles. The quantitative estimate of drug-likeness (QED) is 0.119. The van der Waals surface area contributed by atoms with Crippen LogP contribution in [-0.4, -0.2) is 26.3 Å². The molecule has 0 bridgehead atoms. The lowest BCUT2D eigenvalue weighted by Crippen LogP contribution is -2.22. The van der Waals surface area contributed by atoms with E-state index in [-0.39, 0.29) is 13.2 Å². The Morgan fingerprint density at radius 2 is 0.967 bits per heavy atom. The number of phosphoric acid groups is 1. The van der Waals surface area contributed by atoms with Gasteiger partial charge in [-0.2, -0.15) is 0 Å². The summed E-state index contributed by atoms with van der Waals surface area (Å²) < 4.78 is 21.0. The van der Waals surface area contributed by atoms with Gasteiger partial charge in [0.25, 0.3) is 7.82 Å². The number of unbranched alkanes of at least 4 members (excludes halogenated alkanes) is 16. The van der Waals surface area contributed by atoms with E-state index in [1.165, 1.54) is 96.3 Å². The molecule has 182 valence electrons. The van der Waals surface area contributed by atoms with Crippen LogP contribution in [-0.2, 0) is 13.6 Å². The van der Waals surface area contributed by atoms with E-state index in [0.29, 0.717) is 6.54 Å². The maximum absolute atomic E-state index is 11.5. The largest absolute Gasteiger partial charge is 0.756 e. The second-order valence-corrected chi connectivity index (χ2v) is 9.93. The average molecular weight is 449 g/mol. The monoisotopic (exact) mass is 448 g/mol. The van der Waals surface area contributed by atoms with Gasteiger partial charge < -0.3 is 19.3 Å². The summed E-state index contributed by atoms with van der Waals surface area (Å²) in [5.74, 6) is 0. The second-order valence-electron chi connectivity index (χ2n) is 8.52. The van der Waals surface area contributed by atoms with Crippen LogP contribution in [0.15, 0.2) is 0 Å².